The number of hydrogen-bond acceptors (Lipinski definition) is 5. The molecular weight excluding hydrogens is 274 g/mol. The number of nitrogens with zero attached hydrogens (tertiary/aromatic N) is 1. The molecule has 5 heteroatoms. The zero-order chi connectivity index (χ0) is 14.7. The van der Waals surface area contributed by atoms with Gasteiger partial charge in [0.15, 0.2) is 5.69 Å². The standard InChI is InChI=1S/C15H17NO3S/c1-5-19-15(17)13-10(3)20-14(16-13)11-7-6-9(2)8-12(11)18-4/h6-8H,5H2,1-4H3. The van der Waals surface area contributed by atoms with E-state index < -0.39 is 0 Å². The van der Waals surface area contributed by atoms with Crippen LogP contribution in [0.25, 0.3) is 10.6 Å². The van der Waals surface area contributed by atoms with E-state index in [-0.39, 0.29) is 5.97 Å². The molecule has 1 aromatic carbocycles. The maximum absolute atomic E-state index is 11.8. The molecule has 0 saturated carbocycles. The summed E-state index contributed by atoms with van der Waals surface area (Å²) in [6.07, 6.45) is 0. The Labute approximate surface area is 122 Å². The molecule has 0 aliphatic carbocycles. The third-order valence-electron chi connectivity index (χ3n) is 2.85. The summed E-state index contributed by atoms with van der Waals surface area (Å²) in [5.74, 6) is 0.382. The van der Waals surface area contributed by atoms with E-state index in [4.69, 9.17) is 9.47 Å². The molecule has 0 aliphatic heterocycles. The summed E-state index contributed by atoms with van der Waals surface area (Å²) in [4.78, 5) is 17.1. The highest BCUT2D eigenvalue weighted by atomic mass is 32.1. The minimum absolute atomic E-state index is 0.346. The van der Waals surface area contributed by atoms with Crippen LogP contribution in [0, 0.1) is 13.8 Å². The summed E-state index contributed by atoms with van der Waals surface area (Å²) in [6, 6.07) is 5.91. The first-order chi connectivity index (χ1) is 9.56. The van der Waals surface area contributed by atoms with Crippen molar-refractivity contribution in [1.82, 2.24) is 4.98 Å². The summed E-state index contributed by atoms with van der Waals surface area (Å²) in [5.41, 5.74) is 2.39. The second-order valence-electron chi connectivity index (χ2n) is 4.35. The van der Waals surface area contributed by atoms with Gasteiger partial charge in [0, 0.05) is 4.88 Å². The number of rotatable bonds is 4. The fourth-order valence-electron chi connectivity index (χ4n) is 1.88. The second kappa shape index (κ2) is 6.05. The molecule has 0 saturated heterocycles. The lowest BCUT2D eigenvalue weighted by atomic mass is 10.1. The first-order valence-electron chi connectivity index (χ1n) is 6.36. The van der Waals surface area contributed by atoms with Crippen LogP contribution in [0.15, 0.2) is 18.2 Å². The molecule has 1 aromatic heterocycles. The van der Waals surface area contributed by atoms with Crippen LogP contribution >= 0.6 is 11.3 Å². The van der Waals surface area contributed by atoms with E-state index in [0.29, 0.717) is 12.3 Å². The zero-order valence-electron chi connectivity index (χ0n) is 12.0. The van der Waals surface area contributed by atoms with Crippen molar-refractivity contribution in [3.63, 3.8) is 0 Å². The number of aromatic nitrogens is 1. The Kier molecular flexibility index (Phi) is 4.39. The van der Waals surface area contributed by atoms with Gasteiger partial charge in [-0.3, -0.25) is 0 Å². The molecular formula is C15H17NO3S. The molecule has 0 amide bonds. The molecule has 0 aliphatic rings. The average molecular weight is 291 g/mol. The molecule has 20 heavy (non-hydrogen) atoms. The third kappa shape index (κ3) is 2.82. The van der Waals surface area contributed by atoms with Gasteiger partial charge in [0.2, 0.25) is 0 Å². The molecule has 0 spiro atoms. The number of hydrogen-bond donors (Lipinski definition) is 0. The van der Waals surface area contributed by atoms with Crippen LogP contribution in [-0.4, -0.2) is 24.7 Å². The number of carbonyl (C=O) groups is 1. The summed E-state index contributed by atoms with van der Waals surface area (Å²) < 4.78 is 10.4. The van der Waals surface area contributed by atoms with Gasteiger partial charge in [0.1, 0.15) is 10.8 Å². The van der Waals surface area contributed by atoms with Crippen molar-refractivity contribution in [1.29, 1.82) is 0 Å². The maximum atomic E-state index is 11.8. The van der Waals surface area contributed by atoms with Gasteiger partial charge in [-0.05, 0) is 38.5 Å². The van der Waals surface area contributed by atoms with Gasteiger partial charge in [-0.2, -0.15) is 0 Å². The minimum atomic E-state index is -0.376. The summed E-state index contributed by atoms with van der Waals surface area (Å²) in [7, 11) is 1.63. The first-order valence-corrected chi connectivity index (χ1v) is 7.18. The largest absolute Gasteiger partial charge is 0.496 e. The van der Waals surface area contributed by atoms with Crippen molar-refractivity contribution >= 4 is 17.3 Å². The van der Waals surface area contributed by atoms with Crippen molar-refractivity contribution in [2.75, 3.05) is 13.7 Å². The smallest absolute Gasteiger partial charge is 0.358 e. The Bertz CT molecular complexity index is 634. The predicted octanol–water partition coefficient (Wildman–Crippen LogP) is 3.61. The lowest BCUT2D eigenvalue weighted by Crippen LogP contribution is -2.06. The van der Waals surface area contributed by atoms with Crippen LogP contribution in [0.5, 0.6) is 5.75 Å². The van der Waals surface area contributed by atoms with Crippen LogP contribution in [0.3, 0.4) is 0 Å². The molecule has 0 bridgehead atoms. The molecule has 4 nitrogen and oxygen atoms in total. The number of methoxy groups -OCH3 is 1. The van der Waals surface area contributed by atoms with Crippen LogP contribution < -0.4 is 4.74 Å². The highest BCUT2D eigenvalue weighted by Crippen LogP contribution is 2.35. The van der Waals surface area contributed by atoms with Crippen molar-refractivity contribution in [2.45, 2.75) is 20.8 Å². The molecule has 0 radical (unpaired) electrons. The highest BCUT2D eigenvalue weighted by molar-refractivity contribution is 7.15. The average Bonchev–Trinajstić information content (AvgIpc) is 2.80. The lowest BCUT2D eigenvalue weighted by molar-refractivity contribution is 0.0519. The number of carbonyl (C=O) groups excluding carboxylic acids is 1. The SMILES string of the molecule is CCOC(=O)c1nc(-c2ccc(C)cc2OC)sc1C. The maximum Gasteiger partial charge on any atom is 0.358 e. The van der Waals surface area contributed by atoms with Crippen LogP contribution in [0.1, 0.15) is 27.9 Å². The molecule has 106 valence electrons. The third-order valence-corrected chi connectivity index (χ3v) is 3.86. The Hall–Kier alpha value is -1.88. The highest BCUT2D eigenvalue weighted by Gasteiger charge is 2.19. The summed E-state index contributed by atoms with van der Waals surface area (Å²) >= 11 is 1.47. The fourth-order valence-corrected chi connectivity index (χ4v) is 2.81. The first kappa shape index (κ1) is 14.5. The second-order valence-corrected chi connectivity index (χ2v) is 5.55. The van der Waals surface area contributed by atoms with Gasteiger partial charge in [0.05, 0.1) is 19.3 Å². The normalized spacial score (nSPS) is 10.4. The van der Waals surface area contributed by atoms with Gasteiger partial charge in [-0.1, -0.05) is 6.07 Å². The van der Waals surface area contributed by atoms with Gasteiger partial charge in [-0.15, -0.1) is 11.3 Å². The van der Waals surface area contributed by atoms with E-state index in [9.17, 15) is 4.79 Å². The molecule has 0 fully saturated rings. The van der Waals surface area contributed by atoms with Gasteiger partial charge in [0.25, 0.3) is 0 Å². The van der Waals surface area contributed by atoms with Crippen LogP contribution in [-0.2, 0) is 4.74 Å². The zero-order valence-corrected chi connectivity index (χ0v) is 12.8. The van der Waals surface area contributed by atoms with Gasteiger partial charge < -0.3 is 9.47 Å². The minimum Gasteiger partial charge on any atom is -0.496 e. The van der Waals surface area contributed by atoms with Crippen LogP contribution in [0.4, 0.5) is 0 Å². The number of aryl methyl sites for hydroxylation is 2. The lowest BCUT2D eigenvalue weighted by Gasteiger charge is -2.06. The monoisotopic (exact) mass is 291 g/mol. The van der Waals surface area contributed by atoms with Gasteiger partial charge >= 0.3 is 5.97 Å². The fraction of sp³-hybridized carbons (Fsp3) is 0.333. The topological polar surface area (TPSA) is 48.4 Å². The van der Waals surface area contributed by atoms with Crippen molar-refractivity contribution in [3.8, 4) is 16.3 Å². The Morgan fingerprint density at radius 2 is 2.10 bits per heavy atom. The van der Waals surface area contributed by atoms with E-state index >= 15 is 0 Å². The molecule has 0 N–H and O–H groups in total. The molecule has 2 aromatic rings. The van der Waals surface area contributed by atoms with Crippen molar-refractivity contribution in [3.05, 3.63) is 34.3 Å². The molecule has 0 unspecified atom stereocenters. The summed E-state index contributed by atoms with van der Waals surface area (Å²) in [6.45, 7) is 6.00. The Balaban J connectivity index is 2.44. The Morgan fingerprint density at radius 1 is 1.35 bits per heavy atom. The Morgan fingerprint density at radius 3 is 2.75 bits per heavy atom. The van der Waals surface area contributed by atoms with E-state index in [1.54, 1.807) is 14.0 Å². The van der Waals surface area contributed by atoms with Crippen molar-refractivity contribution in [2.24, 2.45) is 0 Å². The van der Waals surface area contributed by atoms with E-state index in [1.165, 1.54) is 11.3 Å². The van der Waals surface area contributed by atoms with Crippen LogP contribution in [0.2, 0.25) is 0 Å². The number of ether oxygens (including phenoxy) is 2. The van der Waals surface area contributed by atoms with E-state index in [0.717, 1.165) is 26.8 Å². The summed E-state index contributed by atoms with van der Waals surface area (Å²) in [5, 5.41) is 0.766. The number of benzene rings is 1. The van der Waals surface area contributed by atoms with Gasteiger partial charge in [-0.25, -0.2) is 9.78 Å². The molecule has 1 heterocycles. The molecule has 2 rings (SSSR count). The van der Waals surface area contributed by atoms with Crippen molar-refractivity contribution < 1.29 is 14.3 Å². The number of thiazole rings is 1. The number of esters is 1. The van der Waals surface area contributed by atoms with E-state index in [1.807, 2.05) is 32.0 Å². The molecule has 0 atom stereocenters. The van der Waals surface area contributed by atoms with E-state index in [2.05, 4.69) is 4.98 Å². The quantitative estimate of drug-likeness (QED) is 0.807. The predicted molar refractivity (Wildman–Crippen MR) is 79.5 cm³/mol.